The summed E-state index contributed by atoms with van der Waals surface area (Å²) in [6, 6.07) is 3.66. The maximum absolute atomic E-state index is 5.46. The highest BCUT2D eigenvalue weighted by Gasteiger charge is 1.88. The zero-order valence-electron chi connectivity index (χ0n) is 12.0. The summed E-state index contributed by atoms with van der Waals surface area (Å²) in [7, 11) is 1.80. The van der Waals surface area contributed by atoms with E-state index in [1.807, 2.05) is 31.2 Å². The predicted molar refractivity (Wildman–Crippen MR) is 83.3 cm³/mol. The van der Waals surface area contributed by atoms with Gasteiger partial charge in [0.2, 0.25) is 0 Å². The van der Waals surface area contributed by atoms with Crippen LogP contribution in [-0.2, 0) is 0 Å². The van der Waals surface area contributed by atoms with E-state index in [4.69, 9.17) is 5.73 Å². The van der Waals surface area contributed by atoms with Gasteiger partial charge in [-0.15, -0.1) is 0 Å². The van der Waals surface area contributed by atoms with E-state index in [1.165, 1.54) is 5.57 Å². The lowest BCUT2D eigenvalue weighted by Crippen LogP contribution is -2.25. The Morgan fingerprint density at radius 1 is 1.53 bits per heavy atom. The van der Waals surface area contributed by atoms with Crippen LogP contribution in [0, 0.1) is 6.92 Å². The monoisotopic (exact) mass is 260 g/mol. The fourth-order valence-corrected chi connectivity index (χ4v) is 1.22. The third kappa shape index (κ3) is 7.78. The van der Waals surface area contributed by atoms with Crippen LogP contribution in [0.1, 0.15) is 19.0 Å². The van der Waals surface area contributed by atoms with E-state index in [0.717, 1.165) is 23.5 Å². The van der Waals surface area contributed by atoms with Crippen LogP contribution in [0.3, 0.4) is 0 Å². The first-order chi connectivity index (χ1) is 9.04. The number of rotatable bonds is 5. The Morgan fingerprint density at radius 2 is 2.21 bits per heavy atom. The Labute approximate surface area is 116 Å². The lowest BCUT2D eigenvalue weighted by Gasteiger charge is -2.03. The molecule has 0 saturated carbocycles. The summed E-state index contributed by atoms with van der Waals surface area (Å²) >= 11 is 0. The second kappa shape index (κ2) is 9.91. The molecule has 19 heavy (non-hydrogen) atoms. The standard InChI is InChI=1S/C9H16N2.C6H8N2/c1-5-9(6-2)7-8(3)11-10-4;1-5-6(7)3-2-4-8-5/h5,7,10-11H,1,3,6H2,2,4H3;2-4H,7H2,1H3/b9-7+;. The molecular formula is C15H24N4. The van der Waals surface area contributed by atoms with Crippen molar-refractivity contribution < 1.29 is 0 Å². The van der Waals surface area contributed by atoms with E-state index >= 15 is 0 Å². The van der Waals surface area contributed by atoms with Gasteiger partial charge < -0.3 is 11.2 Å². The van der Waals surface area contributed by atoms with Crippen molar-refractivity contribution in [2.24, 2.45) is 0 Å². The molecule has 0 saturated heterocycles. The molecule has 4 N–H and O–H groups in total. The third-order valence-electron chi connectivity index (χ3n) is 2.36. The number of nitrogens with one attached hydrogen (secondary N) is 2. The number of aryl methyl sites for hydroxylation is 1. The van der Waals surface area contributed by atoms with E-state index in [1.54, 1.807) is 13.2 Å². The summed E-state index contributed by atoms with van der Waals surface area (Å²) in [5.74, 6) is 0. The first kappa shape index (κ1) is 16.9. The molecule has 0 aliphatic carbocycles. The molecule has 0 atom stereocenters. The van der Waals surface area contributed by atoms with Gasteiger partial charge in [0.25, 0.3) is 0 Å². The quantitative estimate of drug-likeness (QED) is 0.562. The Hall–Kier alpha value is -2.07. The van der Waals surface area contributed by atoms with Gasteiger partial charge in [0.15, 0.2) is 0 Å². The topological polar surface area (TPSA) is 63.0 Å². The van der Waals surface area contributed by atoms with Crippen molar-refractivity contribution in [2.75, 3.05) is 12.8 Å². The Bertz CT molecular complexity index is 415. The maximum Gasteiger partial charge on any atom is 0.0601 e. The SMILES string of the molecule is C=C/C(=C\C(=C)NNC)CC.Cc1ncccc1N. The minimum Gasteiger partial charge on any atom is -0.397 e. The van der Waals surface area contributed by atoms with Crippen molar-refractivity contribution in [2.45, 2.75) is 20.3 Å². The van der Waals surface area contributed by atoms with Crippen LogP contribution in [-0.4, -0.2) is 12.0 Å². The number of aromatic nitrogens is 1. The van der Waals surface area contributed by atoms with Crippen LogP contribution in [0.2, 0.25) is 0 Å². The number of nitrogens with zero attached hydrogens (tertiary/aromatic N) is 1. The Morgan fingerprint density at radius 3 is 2.58 bits per heavy atom. The molecule has 1 aromatic rings. The zero-order chi connectivity index (χ0) is 14.7. The van der Waals surface area contributed by atoms with Gasteiger partial charge in [0, 0.05) is 18.9 Å². The van der Waals surface area contributed by atoms with Gasteiger partial charge in [-0.25, -0.2) is 5.43 Å². The van der Waals surface area contributed by atoms with Crippen molar-refractivity contribution in [1.82, 2.24) is 15.8 Å². The largest absolute Gasteiger partial charge is 0.397 e. The van der Waals surface area contributed by atoms with Crippen molar-refractivity contribution in [3.05, 3.63) is 60.6 Å². The number of nitrogens with two attached hydrogens (primary N) is 1. The molecule has 0 bridgehead atoms. The number of pyridine rings is 1. The van der Waals surface area contributed by atoms with Crippen molar-refractivity contribution in [3.8, 4) is 0 Å². The molecule has 0 aliphatic rings. The summed E-state index contributed by atoms with van der Waals surface area (Å²) in [6.45, 7) is 11.4. The smallest absolute Gasteiger partial charge is 0.0601 e. The number of allylic oxidation sites excluding steroid dienone is 3. The number of anilines is 1. The molecule has 0 fully saturated rings. The summed E-state index contributed by atoms with van der Waals surface area (Å²) in [4.78, 5) is 3.95. The van der Waals surface area contributed by atoms with Crippen molar-refractivity contribution >= 4 is 5.69 Å². The Kier molecular flexibility index (Phi) is 8.83. The van der Waals surface area contributed by atoms with E-state index in [0.29, 0.717) is 0 Å². The van der Waals surface area contributed by atoms with Crippen LogP contribution in [0.25, 0.3) is 0 Å². The minimum atomic E-state index is 0.757. The lowest BCUT2D eigenvalue weighted by atomic mass is 10.2. The number of hydrogen-bond acceptors (Lipinski definition) is 4. The first-order valence-corrected chi connectivity index (χ1v) is 6.16. The minimum absolute atomic E-state index is 0.757. The second-order valence-corrected chi connectivity index (χ2v) is 3.86. The molecule has 0 spiro atoms. The van der Waals surface area contributed by atoms with E-state index < -0.39 is 0 Å². The first-order valence-electron chi connectivity index (χ1n) is 6.16. The van der Waals surface area contributed by atoms with Gasteiger partial charge in [-0.1, -0.05) is 26.2 Å². The van der Waals surface area contributed by atoms with Gasteiger partial charge >= 0.3 is 0 Å². The molecular weight excluding hydrogens is 236 g/mol. The van der Waals surface area contributed by atoms with Gasteiger partial charge in [-0.2, -0.15) is 0 Å². The highest BCUT2D eigenvalue weighted by molar-refractivity contribution is 5.40. The zero-order valence-corrected chi connectivity index (χ0v) is 12.0. The fraction of sp³-hybridized carbons (Fsp3) is 0.267. The van der Waals surface area contributed by atoms with E-state index in [2.05, 4.69) is 35.9 Å². The van der Waals surface area contributed by atoms with E-state index in [-0.39, 0.29) is 0 Å². The third-order valence-corrected chi connectivity index (χ3v) is 2.36. The van der Waals surface area contributed by atoms with Crippen LogP contribution in [0.4, 0.5) is 5.69 Å². The van der Waals surface area contributed by atoms with Crippen molar-refractivity contribution in [3.63, 3.8) is 0 Å². The number of hydrogen-bond donors (Lipinski definition) is 3. The van der Waals surface area contributed by atoms with Crippen LogP contribution >= 0.6 is 0 Å². The van der Waals surface area contributed by atoms with Crippen LogP contribution < -0.4 is 16.6 Å². The summed E-state index contributed by atoms with van der Waals surface area (Å²) in [5.41, 5.74) is 14.8. The van der Waals surface area contributed by atoms with Gasteiger partial charge in [0.1, 0.15) is 0 Å². The normalized spacial score (nSPS) is 10.2. The molecule has 4 heteroatoms. The highest BCUT2D eigenvalue weighted by atomic mass is 15.3. The molecule has 1 heterocycles. The summed E-state index contributed by atoms with van der Waals surface area (Å²) in [6.07, 6.45) is 6.51. The molecule has 4 nitrogen and oxygen atoms in total. The molecule has 0 radical (unpaired) electrons. The Balaban J connectivity index is 0.000000356. The fourth-order valence-electron chi connectivity index (χ4n) is 1.22. The molecule has 1 rings (SSSR count). The molecule has 0 aromatic carbocycles. The molecule has 0 aliphatic heterocycles. The average Bonchev–Trinajstić information content (AvgIpc) is 2.40. The van der Waals surface area contributed by atoms with Gasteiger partial charge in [0.05, 0.1) is 11.4 Å². The highest BCUT2D eigenvalue weighted by Crippen LogP contribution is 2.03. The molecule has 1 aromatic heterocycles. The maximum atomic E-state index is 5.46. The number of hydrazine groups is 1. The van der Waals surface area contributed by atoms with Gasteiger partial charge in [-0.3, -0.25) is 4.98 Å². The summed E-state index contributed by atoms with van der Waals surface area (Å²) < 4.78 is 0. The lowest BCUT2D eigenvalue weighted by molar-refractivity contribution is 0.705. The molecule has 104 valence electrons. The average molecular weight is 260 g/mol. The van der Waals surface area contributed by atoms with Crippen LogP contribution in [0.15, 0.2) is 54.9 Å². The van der Waals surface area contributed by atoms with Gasteiger partial charge in [-0.05, 0) is 37.1 Å². The van der Waals surface area contributed by atoms with E-state index in [9.17, 15) is 0 Å². The van der Waals surface area contributed by atoms with Crippen molar-refractivity contribution in [1.29, 1.82) is 0 Å². The second-order valence-electron chi connectivity index (χ2n) is 3.86. The summed E-state index contributed by atoms with van der Waals surface area (Å²) in [5, 5.41) is 0. The molecule has 0 unspecified atom stereocenters. The number of nitrogen functional groups attached to an aromatic ring is 1. The van der Waals surface area contributed by atoms with Crippen LogP contribution in [0.5, 0.6) is 0 Å². The predicted octanol–water partition coefficient (Wildman–Crippen LogP) is 2.72. The molecule has 0 amide bonds.